The molecule has 0 aliphatic rings. The third kappa shape index (κ3) is 6.02. The Balaban J connectivity index is 1.75. The summed E-state index contributed by atoms with van der Waals surface area (Å²) in [5.74, 6) is 0. The number of amides is 2. The Morgan fingerprint density at radius 2 is 1.74 bits per heavy atom. The second-order valence-corrected chi connectivity index (χ2v) is 6.21. The standard InChI is InChI=1S/C18H22BrN3O/c1-2-22(14-10-16-7-11-20-12-8-16)18(23)21-13-9-15-3-5-17(19)6-4-15/h3-8,11-12H,2,9-10,13-14H2,1H3,(H,21,23). The van der Waals surface area contributed by atoms with Gasteiger partial charge in [-0.25, -0.2) is 4.79 Å². The van der Waals surface area contributed by atoms with Crippen LogP contribution in [0.5, 0.6) is 0 Å². The van der Waals surface area contributed by atoms with Gasteiger partial charge in [0.25, 0.3) is 0 Å². The minimum atomic E-state index is -0.00123. The molecule has 0 fully saturated rings. The Kier molecular flexibility index (Phi) is 7.07. The molecule has 0 aliphatic carbocycles. The van der Waals surface area contributed by atoms with Crippen LogP contribution in [0.15, 0.2) is 53.3 Å². The fourth-order valence-corrected chi connectivity index (χ4v) is 2.56. The smallest absolute Gasteiger partial charge is 0.317 e. The van der Waals surface area contributed by atoms with E-state index < -0.39 is 0 Å². The normalized spacial score (nSPS) is 10.3. The molecule has 2 rings (SSSR count). The number of carbonyl (C=O) groups is 1. The van der Waals surface area contributed by atoms with Gasteiger partial charge in [-0.1, -0.05) is 28.1 Å². The van der Waals surface area contributed by atoms with Crippen molar-refractivity contribution in [1.29, 1.82) is 0 Å². The fourth-order valence-electron chi connectivity index (χ4n) is 2.29. The largest absolute Gasteiger partial charge is 0.338 e. The van der Waals surface area contributed by atoms with E-state index in [1.54, 1.807) is 12.4 Å². The topological polar surface area (TPSA) is 45.2 Å². The molecule has 0 saturated carbocycles. The summed E-state index contributed by atoms with van der Waals surface area (Å²) in [6.07, 6.45) is 5.24. The molecule has 0 aliphatic heterocycles. The van der Waals surface area contributed by atoms with Crippen molar-refractivity contribution >= 4 is 22.0 Å². The molecule has 0 bridgehead atoms. The number of hydrogen-bond acceptors (Lipinski definition) is 2. The monoisotopic (exact) mass is 375 g/mol. The maximum Gasteiger partial charge on any atom is 0.317 e. The fraction of sp³-hybridized carbons (Fsp3) is 0.333. The lowest BCUT2D eigenvalue weighted by Gasteiger charge is -2.21. The molecule has 5 heteroatoms. The lowest BCUT2D eigenvalue weighted by molar-refractivity contribution is 0.201. The molecule has 2 amide bonds. The summed E-state index contributed by atoms with van der Waals surface area (Å²) in [4.78, 5) is 18.1. The highest BCUT2D eigenvalue weighted by molar-refractivity contribution is 9.10. The highest BCUT2D eigenvalue weighted by Crippen LogP contribution is 2.10. The van der Waals surface area contributed by atoms with Gasteiger partial charge < -0.3 is 10.2 Å². The van der Waals surface area contributed by atoms with Gasteiger partial charge in [-0.2, -0.15) is 0 Å². The van der Waals surface area contributed by atoms with Crippen LogP contribution in [0.25, 0.3) is 0 Å². The van der Waals surface area contributed by atoms with Crippen molar-refractivity contribution in [1.82, 2.24) is 15.2 Å². The number of likely N-dealkylation sites (N-methyl/N-ethyl adjacent to an activating group) is 1. The van der Waals surface area contributed by atoms with Crippen molar-refractivity contribution in [2.24, 2.45) is 0 Å². The number of rotatable bonds is 7. The van der Waals surface area contributed by atoms with E-state index in [0.717, 1.165) is 17.3 Å². The molecule has 1 aromatic heterocycles. The number of carbonyl (C=O) groups excluding carboxylic acids is 1. The minimum Gasteiger partial charge on any atom is -0.338 e. The van der Waals surface area contributed by atoms with E-state index in [9.17, 15) is 4.79 Å². The highest BCUT2D eigenvalue weighted by Gasteiger charge is 2.10. The lowest BCUT2D eigenvalue weighted by atomic mass is 10.1. The predicted molar refractivity (Wildman–Crippen MR) is 96.4 cm³/mol. The Bertz CT molecular complexity index is 601. The maximum absolute atomic E-state index is 12.2. The molecule has 1 aromatic carbocycles. The van der Waals surface area contributed by atoms with E-state index in [2.05, 4.69) is 38.4 Å². The second kappa shape index (κ2) is 9.30. The van der Waals surface area contributed by atoms with Crippen molar-refractivity contribution in [2.45, 2.75) is 19.8 Å². The van der Waals surface area contributed by atoms with Crippen LogP contribution in [0.1, 0.15) is 18.1 Å². The van der Waals surface area contributed by atoms with Gasteiger partial charge in [0, 0.05) is 36.5 Å². The van der Waals surface area contributed by atoms with E-state index in [1.807, 2.05) is 36.1 Å². The van der Waals surface area contributed by atoms with Crippen LogP contribution in [-0.4, -0.2) is 35.5 Å². The summed E-state index contributed by atoms with van der Waals surface area (Å²) in [6.45, 7) is 4.06. The molecule has 0 unspecified atom stereocenters. The van der Waals surface area contributed by atoms with Crippen LogP contribution >= 0.6 is 15.9 Å². The molecule has 122 valence electrons. The van der Waals surface area contributed by atoms with Crippen LogP contribution in [0.4, 0.5) is 4.79 Å². The van der Waals surface area contributed by atoms with Crippen LogP contribution in [0, 0.1) is 0 Å². The zero-order chi connectivity index (χ0) is 16.5. The van der Waals surface area contributed by atoms with E-state index in [-0.39, 0.29) is 6.03 Å². The summed E-state index contributed by atoms with van der Waals surface area (Å²) in [5.41, 5.74) is 2.41. The zero-order valence-electron chi connectivity index (χ0n) is 13.3. The van der Waals surface area contributed by atoms with Gasteiger partial charge in [-0.15, -0.1) is 0 Å². The first-order valence-corrected chi connectivity index (χ1v) is 8.64. The zero-order valence-corrected chi connectivity index (χ0v) is 14.9. The van der Waals surface area contributed by atoms with E-state index >= 15 is 0 Å². The molecule has 0 spiro atoms. The number of nitrogens with zero attached hydrogens (tertiary/aromatic N) is 2. The molecule has 0 saturated heterocycles. The molecule has 0 atom stereocenters. The third-order valence-electron chi connectivity index (χ3n) is 3.69. The molecule has 23 heavy (non-hydrogen) atoms. The van der Waals surface area contributed by atoms with Crippen molar-refractivity contribution in [3.05, 3.63) is 64.4 Å². The maximum atomic E-state index is 12.2. The summed E-state index contributed by atoms with van der Waals surface area (Å²) in [7, 11) is 0. The molecular weight excluding hydrogens is 354 g/mol. The van der Waals surface area contributed by atoms with Gasteiger partial charge in [-0.3, -0.25) is 4.98 Å². The van der Waals surface area contributed by atoms with Crippen molar-refractivity contribution < 1.29 is 4.79 Å². The minimum absolute atomic E-state index is 0.00123. The second-order valence-electron chi connectivity index (χ2n) is 5.29. The number of nitrogens with one attached hydrogen (secondary N) is 1. The number of halogens is 1. The average molecular weight is 376 g/mol. The summed E-state index contributed by atoms with van der Waals surface area (Å²) < 4.78 is 1.07. The van der Waals surface area contributed by atoms with E-state index in [4.69, 9.17) is 0 Å². The van der Waals surface area contributed by atoms with Gasteiger partial charge in [0.2, 0.25) is 0 Å². The average Bonchev–Trinajstić information content (AvgIpc) is 2.58. The molecular formula is C18H22BrN3O. The molecule has 0 radical (unpaired) electrons. The van der Waals surface area contributed by atoms with Crippen molar-refractivity contribution in [2.75, 3.05) is 19.6 Å². The number of pyridine rings is 1. The number of benzene rings is 1. The number of urea groups is 1. The Morgan fingerprint density at radius 3 is 2.39 bits per heavy atom. The highest BCUT2D eigenvalue weighted by atomic mass is 79.9. The van der Waals surface area contributed by atoms with Gasteiger partial charge in [0.05, 0.1) is 0 Å². The molecule has 1 N–H and O–H groups in total. The van der Waals surface area contributed by atoms with Crippen LogP contribution in [0.3, 0.4) is 0 Å². The lowest BCUT2D eigenvalue weighted by Crippen LogP contribution is -2.41. The molecule has 1 heterocycles. The van der Waals surface area contributed by atoms with Gasteiger partial charge in [0.1, 0.15) is 0 Å². The number of aromatic nitrogens is 1. The summed E-state index contributed by atoms with van der Waals surface area (Å²) in [6, 6.07) is 12.1. The Labute approximate surface area is 146 Å². The van der Waals surface area contributed by atoms with Gasteiger partial charge in [0.15, 0.2) is 0 Å². The van der Waals surface area contributed by atoms with E-state index in [0.29, 0.717) is 19.6 Å². The molecule has 4 nitrogen and oxygen atoms in total. The van der Waals surface area contributed by atoms with Crippen LogP contribution in [0.2, 0.25) is 0 Å². The summed E-state index contributed by atoms with van der Waals surface area (Å²) in [5, 5.41) is 3.00. The predicted octanol–water partition coefficient (Wildman–Crippen LogP) is 3.66. The quantitative estimate of drug-likeness (QED) is 0.802. The first kappa shape index (κ1) is 17.5. The van der Waals surface area contributed by atoms with Crippen molar-refractivity contribution in [3.8, 4) is 0 Å². The Morgan fingerprint density at radius 1 is 1.09 bits per heavy atom. The number of hydrogen-bond donors (Lipinski definition) is 1. The first-order chi connectivity index (χ1) is 11.2. The SMILES string of the molecule is CCN(CCc1ccncc1)C(=O)NCCc1ccc(Br)cc1. The third-order valence-corrected chi connectivity index (χ3v) is 4.22. The molecule has 2 aromatic rings. The van der Waals surface area contributed by atoms with Gasteiger partial charge >= 0.3 is 6.03 Å². The van der Waals surface area contributed by atoms with Crippen molar-refractivity contribution in [3.63, 3.8) is 0 Å². The Hall–Kier alpha value is -1.88. The first-order valence-electron chi connectivity index (χ1n) is 7.85. The van der Waals surface area contributed by atoms with E-state index in [1.165, 1.54) is 11.1 Å². The van der Waals surface area contributed by atoms with Crippen LogP contribution < -0.4 is 5.32 Å². The summed E-state index contributed by atoms with van der Waals surface area (Å²) >= 11 is 3.42. The van der Waals surface area contributed by atoms with Crippen LogP contribution in [-0.2, 0) is 12.8 Å². The van der Waals surface area contributed by atoms with Gasteiger partial charge in [-0.05, 0) is 55.2 Å².